The molecular weight excluding hydrogens is 360 g/mol. The molecule has 2 amide bonds. The second-order valence-corrected chi connectivity index (χ2v) is 5.27. The van der Waals surface area contributed by atoms with Gasteiger partial charge in [-0.15, -0.1) is 0 Å². The molecule has 2 aromatic rings. The number of carbonyl (C=O) groups is 2. The van der Waals surface area contributed by atoms with Crippen LogP contribution in [0.5, 0.6) is 11.5 Å². The van der Waals surface area contributed by atoms with E-state index >= 15 is 0 Å². The first-order valence-electron chi connectivity index (χ1n) is 7.77. The van der Waals surface area contributed by atoms with Crippen molar-refractivity contribution in [3.05, 3.63) is 51.8 Å². The smallest absolute Gasteiger partial charge is 0.433 e. The number of hydrogen-bond acceptors (Lipinski definition) is 8. The van der Waals surface area contributed by atoms with Crippen molar-refractivity contribution in [1.82, 2.24) is 10.7 Å². The van der Waals surface area contributed by atoms with Crippen molar-refractivity contribution in [3.8, 4) is 11.5 Å². The molecular formula is C16H14N4O7. The van der Waals surface area contributed by atoms with Crippen LogP contribution in [-0.2, 0) is 4.79 Å². The predicted molar refractivity (Wildman–Crippen MR) is 90.9 cm³/mol. The monoisotopic (exact) mass is 374 g/mol. The summed E-state index contributed by atoms with van der Waals surface area (Å²) < 4.78 is 15.6. The molecule has 0 unspecified atom stereocenters. The molecule has 1 aliphatic rings. The maximum atomic E-state index is 12.1. The fraction of sp³-hybridized carbons (Fsp3) is 0.188. The molecule has 27 heavy (non-hydrogen) atoms. The number of furan rings is 1. The lowest BCUT2D eigenvalue weighted by Crippen LogP contribution is -2.35. The number of hydrazone groups is 1. The van der Waals surface area contributed by atoms with Crippen LogP contribution in [-0.4, -0.2) is 42.7 Å². The molecule has 1 aliphatic heterocycles. The molecule has 3 rings (SSSR count). The fourth-order valence-corrected chi connectivity index (χ4v) is 2.16. The molecule has 2 N–H and O–H groups in total. The Labute approximate surface area is 152 Å². The summed E-state index contributed by atoms with van der Waals surface area (Å²) in [5.41, 5.74) is 2.49. The standard InChI is InChI=1S/C16H14N4O7/c21-14(19-18-8-11-2-4-15(27-11)20(23)24)9-17-16(22)10-1-3-12-13(7-10)26-6-5-25-12/h1-4,7-8H,5-6,9H2,(H,17,22)(H,19,21)/b18-8-. The maximum absolute atomic E-state index is 12.1. The Morgan fingerprint density at radius 3 is 2.70 bits per heavy atom. The minimum absolute atomic E-state index is 0.0994. The van der Waals surface area contributed by atoms with Crippen molar-refractivity contribution in [2.24, 2.45) is 5.10 Å². The molecule has 11 nitrogen and oxygen atoms in total. The number of rotatable bonds is 6. The number of ether oxygens (including phenoxy) is 2. The van der Waals surface area contributed by atoms with E-state index in [2.05, 4.69) is 15.8 Å². The molecule has 1 aromatic heterocycles. The van der Waals surface area contributed by atoms with Crippen LogP contribution in [0.1, 0.15) is 16.1 Å². The highest BCUT2D eigenvalue weighted by atomic mass is 16.6. The van der Waals surface area contributed by atoms with Crippen molar-refractivity contribution in [2.45, 2.75) is 0 Å². The highest BCUT2D eigenvalue weighted by Crippen LogP contribution is 2.30. The summed E-state index contributed by atoms with van der Waals surface area (Å²) in [6.45, 7) is 0.533. The van der Waals surface area contributed by atoms with E-state index < -0.39 is 22.6 Å². The summed E-state index contributed by atoms with van der Waals surface area (Å²) in [6, 6.07) is 7.21. The van der Waals surface area contributed by atoms with Crippen LogP contribution >= 0.6 is 0 Å². The summed E-state index contributed by atoms with van der Waals surface area (Å²) in [6.07, 6.45) is 1.10. The Kier molecular flexibility index (Phi) is 5.30. The first kappa shape index (κ1) is 17.9. The Hall–Kier alpha value is -3.89. The van der Waals surface area contributed by atoms with Crippen LogP contribution in [0.4, 0.5) is 5.88 Å². The first-order valence-corrected chi connectivity index (χ1v) is 7.77. The zero-order valence-electron chi connectivity index (χ0n) is 13.8. The maximum Gasteiger partial charge on any atom is 0.433 e. The molecule has 0 saturated heterocycles. The zero-order chi connectivity index (χ0) is 19.2. The lowest BCUT2D eigenvalue weighted by Gasteiger charge is -2.18. The van der Waals surface area contributed by atoms with Gasteiger partial charge in [-0.2, -0.15) is 5.10 Å². The molecule has 0 saturated carbocycles. The number of nitrogens with one attached hydrogen (secondary N) is 2. The molecule has 2 heterocycles. The van der Waals surface area contributed by atoms with Crippen molar-refractivity contribution >= 4 is 23.9 Å². The van der Waals surface area contributed by atoms with Gasteiger partial charge in [-0.1, -0.05) is 0 Å². The molecule has 1 aromatic carbocycles. The Bertz CT molecular complexity index is 906. The van der Waals surface area contributed by atoms with Crippen LogP contribution in [0.25, 0.3) is 0 Å². The molecule has 0 bridgehead atoms. The van der Waals surface area contributed by atoms with Crippen LogP contribution in [0.15, 0.2) is 39.9 Å². The van der Waals surface area contributed by atoms with Gasteiger partial charge in [0.25, 0.3) is 11.8 Å². The lowest BCUT2D eigenvalue weighted by molar-refractivity contribution is -0.402. The molecule has 140 valence electrons. The van der Waals surface area contributed by atoms with Gasteiger partial charge in [0.2, 0.25) is 0 Å². The van der Waals surface area contributed by atoms with Crippen molar-refractivity contribution < 1.29 is 28.4 Å². The third-order valence-electron chi connectivity index (χ3n) is 3.39. The predicted octanol–water partition coefficient (Wildman–Crippen LogP) is 0.839. The number of amides is 2. The second kappa shape index (κ2) is 7.99. The summed E-state index contributed by atoms with van der Waals surface area (Å²) in [7, 11) is 0. The molecule has 11 heteroatoms. The third kappa shape index (κ3) is 4.60. The van der Waals surface area contributed by atoms with Gasteiger partial charge in [-0.3, -0.25) is 19.7 Å². The second-order valence-electron chi connectivity index (χ2n) is 5.27. The van der Waals surface area contributed by atoms with Crippen LogP contribution < -0.4 is 20.2 Å². The molecule has 0 spiro atoms. The normalized spacial score (nSPS) is 12.6. The van der Waals surface area contributed by atoms with Gasteiger partial charge in [0.05, 0.1) is 18.8 Å². The van der Waals surface area contributed by atoms with Gasteiger partial charge in [0.1, 0.15) is 18.1 Å². The average molecular weight is 374 g/mol. The van der Waals surface area contributed by atoms with E-state index in [4.69, 9.17) is 13.9 Å². The van der Waals surface area contributed by atoms with Crippen LogP contribution in [0.3, 0.4) is 0 Å². The minimum Gasteiger partial charge on any atom is -0.486 e. The lowest BCUT2D eigenvalue weighted by atomic mass is 10.2. The third-order valence-corrected chi connectivity index (χ3v) is 3.39. The van der Waals surface area contributed by atoms with E-state index in [1.807, 2.05) is 0 Å². The van der Waals surface area contributed by atoms with Gasteiger partial charge < -0.3 is 19.2 Å². The largest absolute Gasteiger partial charge is 0.486 e. The summed E-state index contributed by atoms with van der Waals surface area (Å²) in [5, 5.41) is 16.5. The Balaban J connectivity index is 1.47. The van der Waals surface area contributed by atoms with Gasteiger partial charge in [0, 0.05) is 5.56 Å². The van der Waals surface area contributed by atoms with E-state index in [0.29, 0.717) is 30.3 Å². The molecule has 0 atom stereocenters. The number of carbonyl (C=O) groups excluding carboxylic acids is 2. The fourth-order valence-electron chi connectivity index (χ4n) is 2.16. The summed E-state index contributed by atoms with van der Waals surface area (Å²) in [4.78, 5) is 33.6. The van der Waals surface area contributed by atoms with Crippen molar-refractivity contribution in [3.63, 3.8) is 0 Å². The highest BCUT2D eigenvalue weighted by Gasteiger charge is 2.15. The Morgan fingerprint density at radius 2 is 1.96 bits per heavy atom. The van der Waals surface area contributed by atoms with Gasteiger partial charge in [0.15, 0.2) is 17.3 Å². The number of nitrogens with zero attached hydrogens (tertiary/aromatic N) is 2. The van der Waals surface area contributed by atoms with E-state index in [-0.39, 0.29) is 12.3 Å². The van der Waals surface area contributed by atoms with Gasteiger partial charge in [-0.05, 0) is 24.3 Å². The number of fused-ring (bicyclic) bond motifs is 1. The van der Waals surface area contributed by atoms with E-state index in [0.717, 1.165) is 12.3 Å². The van der Waals surface area contributed by atoms with Crippen LogP contribution in [0.2, 0.25) is 0 Å². The SMILES string of the molecule is O=C(CNC(=O)c1ccc2c(c1)OCCO2)N/N=C\c1ccc([N+](=O)[O-])o1. The highest BCUT2D eigenvalue weighted by molar-refractivity contribution is 5.97. The van der Waals surface area contributed by atoms with Crippen molar-refractivity contribution in [2.75, 3.05) is 19.8 Å². The Morgan fingerprint density at radius 1 is 1.19 bits per heavy atom. The van der Waals surface area contributed by atoms with E-state index in [9.17, 15) is 19.7 Å². The summed E-state index contributed by atoms with van der Waals surface area (Å²) in [5.74, 6) is -0.360. The van der Waals surface area contributed by atoms with Gasteiger partial charge in [-0.25, -0.2) is 5.43 Å². The molecule has 0 aliphatic carbocycles. The number of nitro groups is 1. The van der Waals surface area contributed by atoms with Crippen LogP contribution in [0, 0.1) is 10.1 Å². The minimum atomic E-state index is -0.691. The molecule has 0 fully saturated rings. The summed E-state index contributed by atoms with van der Waals surface area (Å²) >= 11 is 0. The quantitative estimate of drug-likeness (QED) is 0.433. The van der Waals surface area contributed by atoms with Crippen molar-refractivity contribution in [1.29, 1.82) is 0 Å². The van der Waals surface area contributed by atoms with Gasteiger partial charge >= 0.3 is 5.88 Å². The number of hydrogen-bond donors (Lipinski definition) is 2. The van der Waals surface area contributed by atoms with E-state index in [1.54, 1.807) is 12.1 Å². The molecule has 0 radical (unpaired) electrons. The van der Waals surface area contributed by atoms with E-state index in [1.165, 1.54) is 12.1 Å². The topological polar surface area (TPSA) is 145 Å². The zero-order valence-corrected chi connectivity index (χ0v) is 13.8. The average Bonchev–Trinajstić information content (AvgIpc) is 3.15. The number of benzene rings is 1. The first-order chi connectivity index (χ1) is 13.0.